The topological polar surface area (TPSA) is 9.23 Å². The first-order valence-electron chi connectivity index (χ1n) is 12.6. The molecule has 38 heavy (non-hydrogen) atoms. The lowest BCUT2D eigenvalue weighted by molar-refractivity contribution is 0.200. The first kappa shape index (κ1) is 27.7. The zero-order valence-electron chi connectivity index (χ0n) is 20.7. The molecule has 0 atom stereocenters. The van der Waals surface area contributed by atoms with Crippen LogP contribution in [0.15, 0.2) is 54.8 Å². The molecular formula is C30H27F7O. The maximum Gasteiger partial charge on any atom is 0.260 e. The van der Waals surface area contributed by atoms with E-state index in [0.717, 1.165) is 49.8 Å². The van der Waals surface area contributed by atoms with Crippen LogP contribution in [0.5, 0.6) is 5.75 Å². The molecule has 0 saturated heterocycles. The van der Waals surface area contributed by atoms with Crippen LogP contribution in [0, 0.1) is 35.0 Å². The van der Waals surface area contributed by atoms with Crippen LogP contribution >= 0.6 is 0 Å². The molecule has 1 saturated carbocycles. The molecule has 3 aromatic rings. The summed E-state index contributed by atoms with van der Waals surface area (Å²) in [6.45, 7) is 2.17. The largest absolute Gasteiger partial charge is 0.459 e. The number of benzene rings is 3. The van der Waals surface area contributed by atoms with Gasteiger partial charge in [0.15, 0.2) is 17.4 Å². The van der Waals surface area contributed by atoms with E-state index in [-0.39, 0.29) is 23.1 Å². The van der Waals surface area contributed by atoms with Gasteiger partial charge in [-0.25, -0.2) is 30.7 Å². The Morgan fingerprint density at radius 1 is 0.789 bits per heavy atom. The van der Waals surface area contributed by atoms with E-state index in [1.165, 1.54) is 18.6 Å². The van der Waals surface area contributed by atoms with E-state index in [4.69, 9.17) is 0 Å². The average molecular weight is 537 g/mol. The van der Waals surface area contributed by atoms with E-state index in [2.05, 4.69) is 11.7 Å². The molecule has 1 aliphatic carbocycles. The normalized spacial score (nSPS) is 17.9. The third kappa shape index (κ3) is 6.22. The fraction of sp³-hybridized carbons (Fsp3) is 0.333. The third-order valence-corrected chi connectivity index (χ3v) is 7.06. The Kier molecular flexibility index (Phi) is 8.80. The summed E-state index contributed by atoms with van der Waals surface area (Å²) in [5.41, 5.74) is -0.388. The van der Waals surface area contributed by atoms with Crippen LogP contribution in [-0.2, 0) is 0 Å². The summed E-state index contributed by atoms with van der Waals surface area (Å²) in [7, 11) is 0. The summed E-state index contributed by atoms with van der Waals surface area (Å²) in [5, 5.41) is 0. The Labute approximate surface area is 217 Å². The van der Waals surface area contributed by atoms with Gasteiger partial charge in [-0.2, -0.15) is 0 Å². The highest BCUT2D eigenvalue weighted by atomic mass is 19.3. The zero-order valence-corrected chi connectivity index (χ0v) is 20.7. The van der Waals surface area contributed by atoms with Crippen LogP contribution in [0.25, 0.3) is 22.3 Å². The van der Waals surface area contributed by atoms with Crippen LogP contribution in [0.1, 0.15) is 56.9 Å². The Hall–Kier alpha value is -3.29. The predicted molar refractivity (Wildman–Crippen MR) is 132 cm³/mol. The lowest BCUT2D eigenvalue weighted by Gasteiger charge is -2.28. The van der Waals surface area contributed by atoms with Gasteiger partial charge in [0, 0.05) is 11.6 Å². The van der Waals surface area contributed by atoms with Gasteiger partial charge in [-0.05, 0) is 84.5 Å². The molecule has 202 valence electrons. The van der Waals surface area contributed by atoms with Crippen LogP contribution in [0.4, 0.5) is 30.7 Å². The Morgan fingerprint density at radius 2 is 1.39 bits per heavy atom. The summed E-state index contributed by atoms with van der Waals surface area (Å²) in [4.78, 5) is 0. The maximum absolute atomic E-state index is 15.1. The van der Waals surface area contributed by atoms with E-state index < -0.39 is 52.4 Å². The van der Waals surface area contributed by atoms with E-state index in [1.807, 2.05) is 0 Å². The number of allylic oxidation sites excluding steroid dienone is 1. The first-order valence-corrected chi connectivity index (χ1v) is 12.6. The van der Waals surface area contributed by atoms with Crippen molar-refractivity contribution in [2.24, 2.45) is 5.92 Å². The molecule has 1 aliphatic rings. The fourth-order valence-electron chi connectivity index (χ4n) is 5.20. The van der Waals surface area contributed by atoms with Gasteiger partial charge in [-0.15, -0.1) is 0 Å². The van der Waals surface area contributed by atoms with Gasteiger partial charge in [0.2, 0.25) is 0 Å². The van der Waals surface area contributed by atoms with Crippen LogP contribution in [-0.4, -0.2) is 6.43 Å². The summed E-state index contributed by atoms with van der Waals surface area (Å²) < 4.78 is 103. The van der Waals surface area contributed by atoms with Crippen molar-refractivity contribution < 1.29 is 35.5 Å². The van der Waals surface area contributed by atoms with Gasteiger partial charge in [0.1, 0.15) is 17.5 Å². The summed E-state index contributed by atoms with van der Waals surface area (Å²) in [5.74, 6) is -5.64. The Bertz CT molecular complexity index is 1260. The summed E-state index contributed by atoms with van der Waals surface area (Å²) in [6.07, 6.45) is 4.28. The Balaban J connectivity index is 1.58. The minimum absolute atomic E-state index is 0.00435. The molecule has 0 aromatic heterocycles. The molecule has 0 amide bonds. The van der Waals surface area contributed by atoms with Crippen molar-refractivity contribution in [1.29, 1.82) is 0 Å². The molecule has 0 bridgehead atoms. The highest BCUT2D eigenvalue weighted by Gasteiger charge is 2.24. The monoisotopic (exact) mass is 536 g/mol. The number of hydrogen-bond acceptors (Lipinski definition) is 1. The SMILES string of the molecule is CCCC1CCC(c2ccc(-c3cc(F)c(-c4cc(F)c(O/C=C/C(F)F)c(F)c4)c(F)c3)c(F)c2)CC1. The molecule has 1 fully saturated rings. The van der Waals surface area contributed by atoms with Crippen molar-refractivity contribution >= 4 is 0 Å². The number of halogens is 7. The third-order valence-electron chi connectivity index (χ3n) is 7.06. The second kappa shape index (κ2) is 12.0. The smallest absolute Gasteiger partial charge is 0.260 e. The molecule has 3 aromatic carbocycles. The number of rotatable bonds is 8. The lowest BCUT2D eigenvalue weighted by Crippen LogP contribution is -2.13. The van der Waals surface area contributed by atoms with Crippen molar-refractivity contribution in [3.63, 3.8) is 0 Å². The van der Waals surface area contributed by atoms with Crippen molar-refractivity contribution in [3.8, 4) is 28.0 Å². The molecule has 0 heterocycles. The quantitative estimate of drug-likeness (QED) is 0.206. The van der Waals surface area contributed by atoms with E-state index >= 15 is 13.2 Å². The Morgan fingerprint density at radius 3 is 1.95 bits per heavy atom. The van der Waals surface area contributed by atoms with Gasteiger partial charge in [-0.3, -0.25) is 0 Å². The highest BCUT2D eigenvalue weighted by molar-refractivity contribution is 5.72. The van der Waals surface area contributed by atoms with Gasteiger partial charge in [0.25, 0.3) is 6.43 Å². The van der Waals surface area contributed by atoms with Gasteiger partial charge < -0.3 is 4.74 Å². The van der Waals surface area contributed by atoms with Crippen LogP contribution in [0.2, 0.25) is 0 Å². The molecule has 8 heteroatoms. The number of alkyl halides is 2. The van der Waals surface area contributed by atoms with Gasteiger partial charge in [0.05, 0.1) is 11.8 Å². The molecule has 0 radical (unpaired) electrons. The molecular weight excluding hydrogens is 509 g/mol. The second-order valence-corrected chi connectivity index (χ2v) is 9.61. The molecule has 0 N–H and O–H groups in total. The number of ether oxygens (including phenoxy) is 1. The van der Waals surface area contributed by atoms with E-state index in [0.29, 0.717) is 24.3 Å². The minimum atomic E-state index is -2.89. The minimum Gasteiger partial charge on any atom is -0.459 e. The first-order chi connectivity index (χ1) is 18.2. The zero-order chi connectivity index (χ0) is 27.4. The summed E-state index contributed by atoms with van der Waals surface area (Å²) in [6, 6.07) is 7.74. The van der Waals surface area contributed by atoms with Gasteiger partial charge in [-0.1, -0.05) is 31.9 Å². The van der Waals surface area contributed by atoms with Crippen LogP contribution < -0.4 is 4.74 Å². The van der Waals surface area contributed by atoms with Crippen molar-refractivity contribution in [3.05, 3.63) is 89.5 Å². The van der Waals surface area contributed by atoms with Gasteiger partial charge >= 0.3 is 0 Å². The molecule has 0 spiro atoms. The van der Waals surface area contributed by atoms with E-state index in [9.17, 15) is 17.6 Å². The average Bonchev–Trinajstić information content (AvgIpc) is 2.85. The number of hydrogen-bond donors (Lipinski definition) is 0. The van der Waals surface area contributed by atoms with Crippen molar-refractivity contribution in [2.75, 3.05) is 0 Å². The fourth-order valence-corrected chi connectivity index (χ4v) is 5.20. The standard InChI is InChI=1S/C30H27F7O/c1-2-3-17-4-6-18(7-5-17)19-8-9-22(23(31)12-19)20-13-24(32)29(25(33)14-20)21-15-26(34)30(27(35)16-21)38-11-10-28(36)37/h8-18,28H,2-7H2,1H3/b11-10+. The van der Waals surface area contributed by atoms with Crippen molar-refractivity contribution in [1.82, 2.24) is 0 Å². The van der Waals surface area contributed by atoms with E-state index in [1.54, 1.807) is 6.07 Å². The molecule has 4 rings (SSSR count). The highest BCUT2D eigenvalue weighted by Crippen LogP contribution is 2.39. The maximum atomic E-state index is 15.1. The lowest BCUT2D eigenvalue weighted by atomic mass is 9.77. The van der Waals surface area contributed by atoms with Crippen molar-refractivity contribution in [2.45, 2.75) is 57.8 Å². The van der Waals surface area contributed by atoms with Crippen LogP contribution in [0.3, 0.4) is 0 Å². The predicted octanol–water partition coefficient (Wildman–Crippen LogP) is 9.95. The summed E-state index contributed by atoms with van der Waals surface area (Å²) >= 11 is 0. The molecule has 0 unspecified atom stereocenters. The second-order valence-electron chi connectivity index (χ2n) is 9.61. The molecule has 0 aliphatic heterocycles. The molecule has 1 nitrogen and oxygen atoms in total.